The van der Waals surface area contributed by atoms with Crippen molar-refractivity contribution in [3.8, 4) is 5.75 Å². The van der Waals surface area contributed by atoms with Crippen LogP contribution in [0.1, 0.15) is 41.3 Å². The third-order valence-corrected chi connectivity index (χ3v) is 5.13. The van der Waals surface area contributed by atoms with Crippen LogP contribution in [-0.2, 0) is 4.79 Å². The first-order valence-corrected chi connectivity index (χ1v) is 9.80. The number of ether oxygens (including phenoxy) is 1. The highest BCUT2D eigenvalue weighted by molar-refractivity contribution is 5.94. The Labute approximate surface area is 166 Å². The highest BCUT2D eigenvalue weighted by Gasteiger charge is 2.25. The van der Waals surface area contributed by atoms with Crippen LogP contribution in [0.2, 0.25) is 0 Å². The number of nitrogens with zero attached hydrogens (tertiary/aromatic N) is 2. The smallest absolute Gasteiger partial charge is 0.260 e. The number of aryl methyl sites for hydroxylation is 1. The molecule has 148 valence electrons. The minimum Gasteiger partial charge on any atom is -0.484 e. The van der Waals surface area contributed by atoms with Crippen LogP contribution in [0.4, 0.5) is 0 Å². The summed E-state index contributed by atoms with van der Waals surface area (Å²) in [5.74, 6) is 1.12. The van der Waals surface area contributed by atoms with Crippen LogP contribution < -0.4 is 4.74 Å². The SMILES string of the molecule is Cc1ccc(OCC(=O)N2CCN(C(=O)c3ccc(C(C)C)cc3)CC2)cc1. The van der Waals surface area contributed by atoms with E-state index in [0.717, 1.165) is 5.56 Å². The number of benzene rings is 2. The van der Waals surface area contributed by atoms with Crippen LogP contribution in [0.5, 0.6) is 5.75 Å². The van der Waals surface area contributed by atoms with Crippen LogP contribution in [-0.4, -0.2) is 54.4 Å². The second kappa shape index (κ2) is 8.91. The Balaban J connectivity index is 1.48. The molecule has 1 aliphatic heterocycles. The Bertz CT molecular complexity index is 805. The van der Waals surface area contributed by atoms with E-state index < -0.39 is 0 Å². The Morgan fingerprint density at radius 2 is 1.46 bits per heavy atom. The van der Waals surface area contributed by atoms with E-state index in [1.54, 1.807) is 4.90 Å². The molecule has 0 bridgehead atoms. The highest BCUT2D eigenvalue weighted by atomic mass is 16.5. The molecular weight excluding hydrogens is 352 g/mol. The first kappa shape index (κ1) is 19.9. The minimum absolute atomic E-state index is 0.0215. The molecule has 0 atom stereocenters. The van der Waals surface area contributed by atoms with E-state index in [9.17, 15) is 9.59 Å². The van der Waals surface area contributed by atoms with Crippen molar-refractivity contribution in [2.75, 3.05) is 32.8 Å². The van der Waals surface area contributed by atoms with Crippen LogP contribution in [0.3, 0.4) is 0 Å². The Morgan fingerprint density at radius 1 is 0.893 bits per heavy atom. The third-order valence-electron chi connectivity index (χ3n) is 5.13. The Kier molecular flexibility index (Phi) is 6.34. The van der Waals surface area contributed by atoms with Crippen molar-refractivity contribution >= 4 is 11.8 Å². The lowest BCUT2D eigenvalue weighted by molar-refractivity contribution is -0.134. The van der Waals surface area contributed by atoms with E-state index in [4.69, 9.17) is 4.74 Å². The maximum absolute atomic E-state index is 12.7. The third kappa shape index (κ3) is 4.91. The summed E-state index contributed by atoms with van der Waals surface area (Å²) in [7, 11) is 0. The molecule has 1 saturated heterocycles. The zero-order chi connectivity index (χ0) is 20.1. The fraction of sp³-hybridized carbons (Fsp3) is 0.391. The molecule has 5 heteroatoms. The summed E-state index contributed by atoms with van der Waals surface area (Å²) in [5, 5.41) is 0. The van der Waals surface area contributed by atoms with E-state index in [1.807, 2.05) is 60.4 Å². The lowest BCUT2D eigenvalue weighted by atomic mass is 10.0. The largest absolute Gasteiger partial charge is 0.484 e. The van der Waals surface area contributed by atoms with Gasteiger partial charge in [-0.2, -0.15) is 0 Å². The molecule has 1 aliphatic rings. The fourth-order valence-corrected chi connectivity index (χ4v) is 3.22. The number of rotatable bonds is 5. The molecule has 0 unspecified atom stereocenters. The summed E-state index contributed by atoms with van der Waals surface area (Å²) in [6.45, 7) is 8.45. The molecule has 0 spiro atoms. The summed E-state index contributed by atoms with van der Waals surface area (Å²) in [4.78, 5) is 28.7. The molecule has 0 saturated carbocycles. The van der Waals surface area contributed by atoms with Gasteiger partial charge in [-0.05, 0) is 42.7 Å². The van der Waals surface area contributed by atoms with Crippen LogP contribution in [0.15, 0.2) is 48.5 Å². The van der Waals surface area contributed by atoms with Crippen molar-refractivity contribution < 1.29 is 14.3 Å². The maximum atomic E-state index is 12.7. The predicted octanol–water partition coefficient (Wildman–Crippen LogP) is 3.48. The predicted molar refractivity (Wildman–Crippen MR) is 110 cm³/mol. The number of amides is 2. The number of carbonyl (C=O) groups is 2. The molecule has 0 aliphatic carbocycles. The summed E-state index contributed by atoms with van der Waals surface area (Å²) in [5.41, 5.74) is 3.07. The summed E-state index contributed by atoms with van der Waals surface area (Å²) in [6.07, 6.45) is 0. The number of hydrogen-bond acceptors (Lipinski definition) is 3. The zero-order valence-corrected chi connectivity index (χ0v) is 16.9. The molecule has 5 nitrogen and oxygen atoms in total. The second-order valence-corrected chi connectivity index (χ2v) is 7.55. The normalized spacial score (nSPS) is 14.3. The lowest BCUT2D eigenvalue weighted by Gasteiger charge is -2.34. The second-order valence-electron chi connectivity index (χ2n) is 7.55. The molecular formula is C23H28N2O3. The van der Waals surface area contributed by atoms with E-state index in [0.29, 0.717) is 43.4 Å². The average molecular weight is 380 g/mol. The molecule has 3 rings (SSSR count). The van der Waals surface area contributed by atoms with Crippen molar-refractivity contribution in [3.05, 3.63) is 65.2 Å². The summed E-state index contributed by atoms with van der Waals surface area (Å²) in [6, 6.07) is 15.5. The van der Waals surface area contributed by atoms with Gasteiger partial charge < -0.3 is 14.5 Å². The van der Waals surface area contributed by atoms with E-state index in [-0.39, 0.29) is 18.4 Å². The average Bonchev–Trinajstić information content (AvgIpc) is 2.73. The quantitative estimate of drug-likeness (QED) is 0.798. The van der Waals surface area contributed by atoms with Gasteiger partial charge in [0, 0.05) is 31.7 Å². The summed E-state index contributed by atoms with van der Waals surface area (Å²) < 4.78 is 5.58. The first-order chi connectivity index (χ1) is 13.4. The van der Waals surface area contributed by atoms with Gasteiger partial charge in [-0.15, -0.1) is 0 Å². The van der Waals surface area contributed by atoms with Crippen molar-refractivity contribution in [3.63, 3.8) is 0 Å². The monoisotopic (exact) mass is 380 g/mol. The van der Waals surface area contributed by atoms with Gasteiger partial charge in [0.25, 0.3) is 11.8 Å². The molecule has 2 aromatic carbocycles. The molecule has 1 heterocycles. The molecule has 1 fully saturated rings. The van der Waals surface area contributed by atoms with Crippen molar-refractivity contribution in [1.29, 1.82) is 0 Å². The summed E-state index contributed by atoms with van der Waals surface area (Å²) >= 11 is 0. The Hall–Kier alpha value is -2.82. The fourth-order valence-electron chi connectivity index (χ4n) is 3.22. The number of piperazine rings is 1. The standard InChI is InChI=1S/C23H28N2O3/c1-17(2)19-6-8-20(9-7-19)23(27)25-14-12-24(13-15-25)22(26)16-28-21-10-4-18(3)5-11-21/h4-11,17H,12-16H2,1-3H3. The van der Waals surface area contributed by atoms with Gasteiger partial charge in [-0.3, -0.25) is 9.59 Å². The first-order valence-electron chi connectivity index (χ1n) is 9.80. The van der Waals surface area contributed by atoms with Gasteiger partial charge in [0.2, 0.25) is 0 Å². The van der Waals surface area contributed by atoms with Crippen LogP contribution >= 0.6 is 0 Å². The van der Waals surface area contributed by atoms with E-state index in [2.05, 4.69) is 13.8 Å². The molecule has 2 aromatic rings. The van der Waals surface area contributed by atoms with E-state index >= 15 is 0 Å². The lowest BCUT2D eigenvalue weighted by Crippen LogP contribution is -2.51. The molecule has 0 aromatic heterocycles. The van der Waals surface area contributed by atoms with Gasteiger partial charge in [0.15, 0.2) is 6.61 Å². The molecule has 0 radical (unpaired) electrons. The molecule has 0 N–H and O–H groups in total. The van der Waals surface area contributed by atoms with Crippen molar-refractivity contribution in [2.45, 2.75) is 26.7 Å². The van der Waals surface area contributed by atoms with Gasteiger partial charge in [0.05, 0.1) is 0 Å². The highest BCUT2D eigenvalue weighted by Crippen LogP contribution is 2.17. The molecule has 28 heavy (non-hydrogen) atoms. The molecule has 2 amide bonds. The van der Waals surface area contributed by atoms with Gasteiger partial charge in [-0.25, -0.2) is 0 Å². The van der Waals surface area contributed by atoms with Crippen molar-refractivity contribution in [1.82, 2.24) is 9.80 Å². The van der Waals surface area contributed by atoms with Crippen molar-refractivity contribution in [2.24, 2.45) is 0 Å². The van der Waals surface area contributed by atoms with Crippen LogP contribution in [0, 0.1) is 6.92 Å². The maximum Gasteiger partial charge on any atom is 0.260 e. The van der Waals surface area contributed by atoms with E-state index in [1.165, 1.54) is 5.56 Å². The van der Waals surface area contributed by atoms with Gasteiger partial charge >= 0.3 is 0 Å². The topological polar surface area (TPSA) is 49.9 Å². The number of carbonyl (C=O) groups excluding carboxylic acids is 2. The minimum atomic E-state index is -0.0473. The Morgan fingerprint density at radius 3 is 2.04 bits per heavy atom. The van der Waals surface area contributed by atoms with Gasteiger partial charge in [-0.1, -0.05) is 43.7 Å². The zero-order valence-electron chi connectivity index (χ0n) is 16.9. The van der Waals surface area contributed by atoms with Gasteiger partial charge in [0.1, 0.15) is 5.75 Å². The van der Waals surface area contributed by atoms with Crippen LogP contribution in [0.25, 0.3) is 0 Å². The number of hydrogen-bond donors (Lipinski definition) is 0.